The van der Waals surface area contributed by atoms with Gasteiger partial charge in [0.25, 0.3) is 5.91 Å². The predicted molar refractivity (Wildman–Crippen MR) is 111 cm³/mol. The predicted octanol–water partition coefficient (Wildman–Crippen LogP) is 4.69. The molecule has 0 radical (unpaired) electrons. The molecule has 1 N–H and O–H groups in total. The Labute approximate surface area is 183 Å². The van der Waals surface area contributed by atoms with Crippen LogP contribution in [0.15, 0.2) is 58.9 Å². The molecule has 11 heteroatoms. The first-order chi connectivity index (χ1) is 14.8. The molecule has 31 heavy (non-hydrogen) atoms. The minimum absolute atomic E-state index is 0.0315. The lowest BCUT2D eigenvalue weighted by atomic mass is 10.1. The van der Waals surface area contributed by atoms with E-state index in [1.807, 2.05) is 30.3 Å². The van der Waals surface area contributed by atoms with E-state index in [1.54, 1.807) is 0 Å². The van der Waals surface area contributed by atoms with Gasteiger partial charge in [0.1, 0.15) is 6.61 Å². The van der Waals surface area contributed by atoms with Crippen LogP contribution in [0.25, 0.3) is 0 Å². The summed E-state index contributed by atoms with van der Waals surface area (Å²) in [6.45, 7) is 0.133. The van der Waals surface area contributed by atoms with Gasteiger partial charge in [-0.05, 0) is 17.7 Å². The van der Waals surface area contributed by atoms with Crippen molar-refractivity contribution >= 4 is 39.9 Å². The number of ketones is 1. The van der Waals surface area contributed by atoms with Gasteiger partial charge in [0.05, 0.1) is 17.9 Å². The van der Waals surface area contributed by atoms with Gasteiger partial charge in [-0.1, -0.05) is 65.6 Å². The Hall–Kier alpha value is -2.76. The summed E-state index contributed by atoms with van der Waals surface area (Å²) in [5.41, 5.74) is 0.0324. The van der Waals surface area contributed by atoms with Crippen LogP contribution in [0.2, 0.25) is 0 Å². The van der Waals surface area contributed by atoms with E-state index in [9.17, 15) is 22.8 Å². The van der Waals surface area contributed by atoms with Gasteiger partial charge in [0, 0.05) is 5.56 Å². The summed E-state index contributed by atoms with van der Waals surface area (Å²) < 4.78 is 44.1. The van der Waals surface area contributed by atoms with E-state index in [4.69, 9.17) is 4.74 Å². The van der Waals surface area contributed by atoms with Crippen LogP contribution < -0.4 is 5.32 Å². The van der Waals surface area contributed by atoms with Crippen molar-refractivity contribution in [3.8, 4) is 0 Å². The number of aromatic nitrogens is 2. The highest BCUT2D eigenvalue weighted by Gasteiger charge is 2.30. The van der Waals surface area contributed by atoms with Crippen molar-refractivity contribution in [1.29, 1.82) is 0 Å². The lowest BCUT2D eigenvalue weighted by molar-refractivity contribution is -0.137. The normalized spacial score (nSPS) is 11.3. The van der Waals surface area contributed by atoms with Gasteiger partial charge >= 0.3 is 6.18 Å². The Morgan fingerprint density at radius 2 is 1.84 bits per heavy atom. The zero-order valence-corrected chi connectivity index (χ0v) is 17.5. The first-order valence-electron chi connectivity index (χ1n) is 8.89. The number of halogens is 3. The number of Topliss-reactive ketones (excluding diaryl/α,β-unsaturated/α-hetero) is 1. The lowest BCUT2D eigenvalue weighted by Gasteiger charge is -2.07. The Kier molecular flexibility index (Phi) is 7.77. The van der Waals surface area contributed by atoms with Crippen LogP contribution in [0.4, 0.5) is 18.3 Å². The third kappa shape index (κ3) is 7.16. The summed E-state index contributed by atoms with van der Waals surface area (Å²) in [5, 5.41) is 10.5. The number of nitrogens with one attached hydrogen (secondary N) is 1. The molecule has 0 aliphatic rings. The molecule has 1 heterocycles. The molecule has 0 aliphatic heterocycles. The maximum Gasteiger partial charge on any atom is 0.416 e. The summed E-state index contributed by atoms with van der Waals surface area (Å²) in [6.07, 6.45) is -4.51. The fourth-order valence-corrected chi connectivity index (χ4v) is 4.05. The second kappa shape index (κ2) is 10.5. The summed E-state index contributed by atoms with van der Waals surface area (Å²) in [4.78, 5) is 24.1. The lowest BCUT2D eigenvalue weighted by Crippen LogP contribution is -2.18. The molecule has 3 rings (SSSR count). The number of alkyl halides is 3. The Morgan fingerprint density at radius 3 is 2.58 bits per heavy atom. The molecular formula is C20H16F3N3O3S2. The number of carbonyl (C=O) groups is 2. The highest BCUT2D eigenvalue weighted by atomic mass is 32.2. The number of amides is 1. The molecule has 0 atom stereocenters. The zero-order chi connectivity index (χ0) is 22.3. The highest BCUT2D eigenvalue weighted by Crippen LogP contribution is 2.30. The summed E-state index contributed by atoms with van der Waals surface area (Å²) in [7, 11) is 0. The van der Waals surface area contributed by atoms with Crippen molar-refractivity contribution < 1.29 is 27.5 Å². The van der Waals surface area contributed by atoms with Crippen LogP contribution in [-0.4, -0.2) is 34.2 Å². The van der Waals surface area contributed by atoms with Gasteiger partial charge < -0.3 is 4.74 Å². The molecule has 0 saturated heterocycles. The third-order valence-corrected chi connectivity index (χ3v) is 5.81. The zero-order valence-electron chi connectivity index (χ0n) is 15.9. The SMILES string of the molecule is O=C(COCc1ccccc1)Nc1nnc(SCC(=O)c2cccc(C(F)(F)F)c2)s1. The highest BCUT2D eigenvalue weighted by molar-refractivity contribution is 8.01. The van der Waals surface area contributed by atoms with Crippen molar-refractivity contribution in [2.24, 2.45) is 0 Å². The fraction of sp³-hybridized carbons (Fsp3) is 0.200. The summed E-state index contributed by atoms with van der Waals surface area (Å²) in [5.74, 6) is -0.973. The van der Waals surface area contributed by atoms with Gasteiger partial charge in [-0.2, -0.15) is 13.2 Å². The molecule has 0 bridgehead atoms. The molecule has 0 spiro atoms. The number of benzene rings is 2. The van der Waals surface area contributed by atoms with Crippen molar-refractivity contribution in [3.63, 3.8) is 0 Å². The molecule has 0 aliphatic carbocycles. The van der Waals surface area contributed by atoms with E-state index in [0.29, 0.717) is 10.9 Å². The second-order valence-corrected chi connectivity index (χ2v) is 8.39. The van der Waals surface area contributed by atoms with Crippen molar-refractivity contribution in [3.05, 3.63) is 71.3 Å². The van der Waals surface area contributed by atoms with Gasteiger partial charge in [-0.15, -0.1) is 10.2 Å². The number of hydrogen-bond donors (Lipinski definition) is 1. The van der Waals surface area contributed by atoms with Gasteiger partial charge in [0.2, 0.25) is 5.13 Å². The van der Waals surface area contributed by atoms with Gasteiger partial charge in [0.15, 0.2) is 10.1 Å². The Bertz CT molecular complexity index is 1040. The van der Waals surface area contributed by atoms with Crippen LogP contribution >= 0.6 is 23.1 Å². The molecule has 1 aromatic heterocycles. The molecular weight excluding hydrogens is 451 g/mol. The minimum Gasteiger partial charge on any atom is -0.367 e. The number of carbonyl (C=O) groups excluding carboxylic acids is 2. The number of nitrogens with zero attached hydrogens (tertiary/aromatic N) is 2. The van der Waals surface area contributed by atoms with Crippen LogP contribution in [0.5, 0.6) is 0 Å². The smallest absolute Gasteiger partial charge is 0.367 e. The average molecular weight is 467 g/mol. The quantitative estimate of drug-likeness (QED) is 0.279. The van der Waals surface area contributed by atoms with Crippen LogP contribution in [0.3, 0.4) is 0 Å². The average Bonchev–Trinajstić information content (AvgIpc) is 3.19. The van der Waals surface area contributed by atoms with E-state index in [1.165, 1.54) is 12.1 Å². The fourth-order valence-electron chi connectivity index (χ4n) is 2.39. The molecule has 2 aromatic carbocycles. The van der Waals surface area contributed by atoms with E-state index in [2.05, 4.69) is 15.5 Å². The molecule has 6 nitrogen and oxygen atoms in total. The first-order valence-corrected chi connectivity index (χ1v) is 10.7. The number of rotatable bonds is 9. The van der Waals surface area contributed by atoms with E-state index >= 15 is 0 Å². The standard InChI is InChI=1S/C20H16F3N3O3S2/c21-20(22,23)15-8-4-7-14(9-15)16(27)12-30-19-26-25-18(31-19)24-17(28)11-29-10-13-5-2-1-3-6-13/h1-9H,10-12H2,(H,24,25,28). The topological polar surface area (TPSA) is 81.2 Å². The van der Waals surface area contributed by atoms with E-state index in [0.717, 1.165) is 40.8 Å². The Balaban J connectivity index is 1.45. The number of hydrogen-bond acceptors (Lipinski definition) is 7. The molecule has 1 amide bonds. The first kappa shape index (κ1) is 22.9. The minimum atomic E-state index is -4.51. The van der Waals surface area contributed by atoms with Gasteiger partial charge in [-0.25, -0.2) is 0 Å². The number of anilines is 1. The maximum atomic E-state index is 12.8. The van der Waals surface area contributed by atoms with Crippen LogP contribution in [-0.2, 0) is 22.3 Å². The molecule has 3 aromatic rings. The van der Waals surface area contributed by atoms with Crippen molar-refractivity contribution in [2.45, 2.75) is 17.1 Å². The second-order valence-electron chi connectivity index (χ2n) is 6.19. The largest absolute Gasteiger partial charge is 0.416 e. The molecule has 0 fully saturated rings. The number of ether oxygens (including phenoxy) is 1. The number of thioether (sulfide) groups is 1. The van der Waals surface area contributed by atoms with Crippen molar-refractivity contribution in [1.82, 2.24) is 10.2 Å². The molecule has 0 unspecified atom stereocenters. The molecule has 162 valence electrons. The summed E-state index contributed by atoms with van der Waals surface area (Å²) >= 11 is 2.09. The summed E-state index contributed by atoms with van der Waals surface area (Å²) in [6, 6.07) is 13.7. The monoisotopic (exact) mass is 467 g/mol. The van der Waals surface area contributed by atoms with Gasteiger partial charge in [-0.3, -0.25) is 14.9 Å². The van der Waals surface area contributed by atoms with Crippen LogP contribution in [0.1, 0.15) is 21.5 Å². The molecule has 0 saturated carbocycles. The van der Waals surface area contributed by atoms with Crippen LogP contribution in [0, 0.1) is 0 Å². The van der Waals surface area contributed by atoms with E-state index < -0.39 is 23.4 Å². The van der Waals surface area contributed by atoms with Crippen molar-refractivity contribution in [2.75, 3.05) is 17.7 Å². The maximum absolute atomic E-state index is 12.8. The van der Waals surface area contributed by atoms with E-state index in [-0.39, 0.29) is 23.1 Å². The Morgan fingerprint density at radius 1 is 1.06 bits per heavy atom. The third-order valence-electron chi connectivity index (χ3n) is 3.84.